The Morgan fingerprint density at radius 1 is 0.390 bits per heavy atom. The van der Waals surface area contributed by atoms with Crippen molar-refractivity contribution in [2.24, 2.45) is 41.4 Å². The zero-order chi connectivity index (χ0) is 78.2. The number of Topliss-reactive ketones (excluding diaryl/α,β-unsaturated/α-hetero) is 3. The number of amides is 6. The van der Waals surface area contributed by atoms with Crippen molar-refractivity contribution in [3.05, 3.63) is 35.9 Å². The smallest absolute Gasteiger partial charge is 0.306 e. The summed E-state index contributed by atoms with van der Waals surface area (Å²) < 4.78 is 5.16. The highest BCUT2D eigenvalue weighted by molar-refractivity contribution is 5.97. The van der Waals surface area contributed by atoms with Gasteiger partial charge >= 0.3 is 5.97 Å². The lowest BCUT2D eigenvalue weighted by Gasteiger charge is -2.23. The molecule has 0 heterocycles. The molecule has 604 valence electrons. The first-order chi connectivity index (χ1) is 50.2. The number of carbonyl (C=O) groups excluding carboxylic acids is 10. The van der Waals surface area contributed by atoms with Gasteiger partial charge in [0, 0.05) is 141 Å². The summed E-state index contributed by atoms with van der Waals surface area (Å²) in [5.41, 5.74) is 0.945. The van der Waals surface area contributed by atoms with Gasteiger partial charge in [0.15, 0.2) is 0 Å². The van der Waals surface area contributed by atoms with Gasteiger partial charge in [-0.3, -0.25) is 47.9 Å². The molecule has 3 rings (SSSR count). The molecule has 6 N–H and O–H groups in total. The van der Waals surface area contributed by atoms with Crippen LogP contribution in [0, 0.1) is 41.4 Å². The van der Waals surface area contributed by atoms with E-state index in [4.69, 9.17) is 4.74 Å². The lowest BCUT2D eigenvalue weighted by molar-refractivity contribution is -0.147. The van der Waals surface area contributed by atoms with E-state index in [2.05, 4.69) is 96.3 Å². The van der Waals surface area contributed by atoms with Crippen LogP contribution in [0.15, 0.2) is 30.3 Å². The fourth-order valence-corrected chi connectivity index (χ4v) is 12.8. The molecule has 2 saturated carbocycles. The minimum atomic E-state index is -1.14. The van der Waals surface area contributed by atoms with E-state index in [0.29, 0.717) is 76.9 Å². The first kappa shape index (κ1) is 97.3. The topological polar surface area (TPSA) is 272 Å². The third-order valence-corrected chi connectivity index (χ3v) is 20.0. The Balaban J connectivity index is 0.00000145. The van der Waals surface area contributed by atoms with Crippen LogP contribution >= 0.6 is 0 Å². The van der Waals surface area contributed by atoms with E-state index in [1.165, 1.54) is 83.8 Å². The Morgan fingerprint density at radius 2 is 0.762 bits per heavy atom. The first-order valence-corrected chi connectivity index (χ1v) is 40.6. The van der Waals surface area contributed by atoms with Gasteiger partial charge in [-0.2, -0.15) is 0 Å². The van der Waals surface area contributed by atoms with Crippen molar-refractivity contribution < 1.29 is 52.7 Å². The Hall–Kier alpha value is -5.72. The van der Waals surface area contributed by atoms with Crippen molar-refractivity contribution in [3.8, 4) is 0 Å². The Bertz CT molecular complexity index is 2530. The van der Waals surface area contributed by atoms with Gasteiger partial charge in [-0.25, -0.2) is 0 Å². The molecular weight excluding hydrogens is 1330 g/mol. The molecule has 0 radical (unpaired) electrons. The maximum absolute atomic E-state index is 14.6. The Labute approximate surface area is 636 Å². The second-order valence-corrected chi connectivity index (χ2v) is 31.0. The van der Waals surface area contributed by atoms with Crippen LogP contribution in [0.5, 0.6) is 0 Å². The second-order valence-electron chi connectivity index (χ2n) is 31.0. The van der Waals surface area contributed by atoms with Crippen molar-refractivity contribution in [1.82, 2.24) is 61.3 Å². The van der Waals surface area contributed by atoms with Gasteiger partial charge in [0.2, 0.25) is 35.4 Å². The van der Waals surface area contributed by atoms with Gasteiger partial charge in [0.05, 0.1) is 18.3 Å². The molecule has 23 heteroatoms. The van der Waals surface area contributed by atoms with Crippen LogP contribution in [0.3, 0.4) is 0 Å². The van der Waals surface area contributed by atoms with E-state index in [-0.39, 0.29) is 92.9 Å². The zero-order valence-corrected chi connectivity index (χ0v) is 68.4. The normalized spacial score (nSPS) is 14.8. The van der Waals surface area contributed by atoms with E-state index in [1.807, 2.05) is 86.5 Å². The average molecular weight is 1480 g/mol. The summed E-state index contributed by atoms with van der Waals surface area (Å²) in [6.45, 7) is 21.5. The number of nitrogens with one attached hydrogen (secondary N) is 6. The van der Waals surface area contributed by atoms with Crippen molar-refractivity contribution in [3.63, 3.8) is 0 Å². The fraction of sp³-hybridized carbons (Fsp3) is 0.805. The number of ketones is 3. The molecule has 0 spiro atoms. The monoisotopic (exact) mass is 1480 g/mol. The predicted molar refractivity (Wildman–Crippen MR) is 424 cm³/mol. The van der Waals surface area contributed by atoms with Crippen LogP contribution in [0.2, 0.25) is 0 Å². The second kappa shape index (κ2) is 61.2. The Kier molecular flexibility index (Phi) is 56.7. The number of esters is 1. The van der Waals surface area contributed by atoms with Crippen LogP contribution in [0.1, 0.15) is 226 Å². The quantitative estimate of drug-likeness (QED) is 0.0262. The Morgan fingerprint density at radius 3 is 1.22 bits per heavy atom. The largest absolute Gasteiger partial charge is 0.461 e. The number of likely N-dealkylation sites (N-methyl/N-ethyl adjacent to an activating group) is 6. The van der Waals surface area contributed by atoms with E-state index in [1.54, 1.807) is 6.92 Å². The van der Waals surface area contributed by atoms with Crippen LogP contribution < -0.4 is 31.9 Å². The number of hydrogen-bond donors (Lipinski definition) is 6. The van der Waals surface area contributed by atoms with Crippen LogP contribution in [0.25, 0.3) is 0 Å². The van der Waals surface area contributed by atoms with Crippen molar-refractivity contribution in [2.75, 3.05) is 162 Å². The molecule has 0 aliphatic heterocycles. The number of rotatable bonds is 56. The summed E-state index contributed by atoms with van der Waals surface area (Å²) >= 11 is 0. The zero-order valence-electron chi connectivity index (χ0n) is 68.4. The number of unbranched alkanes of at least 4 members (excludes halogenated alkanes) is 3. The summed E-state index contributed by atoms with van der Waals surface area (Å²) in [4.78, 5) is 147. The van der Waals surface area contributed by atoms with E-state index >= 15 is 0 Å². The highest BCUT2D eigenvalue weighted by Gasteiger charge is 2.34. The highest BCUT2D eigenvalue weighted by atomic mass is 16.5. The summed E-state index contributed by atoms with van der Waals surface area (Å²) in [7, 11) is 18.5. The number of carbonyl (C=O) groups is 10. The standard InChI is InChI=1S/C57H105N9O8.C16H23NO3.C9H22N2/c1-9-11-26-60-57(74)49(43-54(71)58-27-18-31-65(7)35-33-63(3)4)40-51(68)39-48(56(73)61-28-19-32-66(8)36-34-64(5)6)41-52(69)47(42-53(70)59-29-24-44-20-14-12-15-21-44)38-50(67)37-46(10-2)55(72)62-30-25-45-22-16-13-17-23-45;1-3-4-10-17-16(19)13(2)11-15(18)20-12-14-8-6-5-7-9-14;1-5-6-7-11(4)9-8-10(2)3/h44-49H,9-43H2,1-8H3,(H,58,71)(H,59,70)(H,60,74)(H,61,73)(H,62,72);5-9,13H,3-4,10-12H2,1-2H3,(H,17,19);5-9H2,1-4H3. The van der Waals surface area contributed by atoms with Crippen LogP contribution in [-0.4, -0.2) is 250 Å². The van der Waals surface area contributed by atoms with E-state index in [0.717, 1.165) is 89.7 Å². The van der Waals surface area contributed by atoms with Gasteiger partial charge in [0.1, 0.15) is 24.0 Å². The summed E-state index contributed by atoms with van der Waals surface area (Å²) in [6, 6.07) is 9.50. The highest BCUT2D eigenvalue weighted by Crippen LogP contribution is 2.28. The maximum Gasteiger partial charge on any atom is 0.306 e. The molecule has 2 aliphatic rings. The first-order valence-electron chi connectivity index (χ1n) is 40.6. The molecule has 1 aromatic carbocycles. The maximum atomic E-state index is 14.6. The van der Waals surface area contributed by atoms with Gasteiger partial charge < -0.3 is 66.0 Å². The predicted octanol–water partition coefficient (Wildman–Crippen LogP) is 9.34. The molecule has 23 nitrogen and oxygen atoms in total. The van der Waals surface area contributed by atoms with Crippen LogP contribution in [0.4, 0.5) is 0 Å². The SMILES string of the molecule is CCCCN(C)CCN(C)C.CCCCNC(=O)C(C)CC(=O)OCc1ccccc1.CCCCNC(=O)C(CC(=O)CC(CC(=O)C(CC(=O)CC(CC)C(=O)NCCC1CCCCC1)CC(=O)NCCC1CCCCC1)C(=O)NCCCN(C)CCN(C)C)CC(=O)NCCCN(C)CCN(C)C. The number of nitrogens with zero attached hydrogens (tertiary/aromatic N) is 6. The van der Waals surface area contributed by atoms with Gasteiger partial charge in [-0.15, -0.1) is 0 Å². The molecule has 0 saturated heterocycles. The number of ether oxygens (including phenoxy) is 1. The fourth-order valence-electron chi connectivity index (χ4n) is 12.8. The lowest BCUT2D eigenvalue weighted by Crippen LogP contribution is -2.39. The van der Waals surface area contributed by atoms with E-state index < -0.39 is 53.5 Å². The number of benzene rings is 1. The molecule has 2 aliphatic carbocycles. The molecular formula is C82H150N12O11. The third-order valence-electron chi connectivity index (χ3n) is 20.0. The minimum absolute atomic E-state index is 0.0761. The molecule has 1 aromatic rings. The van der Waals surface area contributed by atoms with Gasteiger partial charge in [0.25, 0.3) is 0 Å². The summed E-state index contributed by atoms with van der Waals surface area (Å²) in [6.07, 6.45) is 19.8. The van der Waals surface area contributed by atoms with Crippen molar-refractivity contribution in [1.29, 1.82) is 0 Å². The van der Waals surface area contributed by atoms with Crippen molar-refractivity contribution >= 4 is 58.8 Å². The molecule has 5 unspecified atom stereocenters. The number of hydrogen-bond acceptors (Lipinski definition) is 17. The van der Waals surface area contributed by atoms with Gasteiger partial charge in [-0.05, 0) is 152 Å². The minimum Gasteiger partial charge on any atom is -0.461 e. The van der Waals surface area contributed by atoms with E-state index in [9.17, 15) is 47.9 Å². The van der Waals surface area contributed by atoms with Crippen LogP contribution in [-0.2, 0) is 59.3 Å². The molecule has 5 atom stereocenters. The molecule has 6 amide bonds. The molecule has 0 bridgehead atoms. The summed E-state index contributed by atoms with van der Waals surface area (Å²) in [5.74, 6) is -6.50. The van der Waals surface area contributed by atoms with Crippen molar-refractivity contribution in [2.45, 2.75) is 227 Å². The molecule has 105 heavy (non-hydrogen) atoms. The molecule has 2 fully saturated rings. The summed E-state index contributed by atoms with van der Waals surface area (Å²) in [5, 5.41) is 17.6. The molecule has 0 aromatic heterocycles. The third kappa shape index (κ3) is 52.1. The average Bonchev–Trinajstić information content (AvgIpc) is 0.861. The van der Waals surface area contributed by atoms with Gasteiger partial charge in [-0.1, -0.05) is 148 Å². The lowest BCUT2D eigenvalue weighted by atomic mass is 9.83.